The predicted octanol–water partition coefficient (Wildman–Crippen LogP) is 4.69. The van der Waals surface area contributed by atoms with E-state index < -0.39 is 97.7 Å². The SMILES string of the molecule is COC[C@@H]([C@H](O)[C@H](O)C(=O)NCC[C@H](C)c1nc(/C=C\C[C@@H]2O[C@]3(C[C@@H](O)[C@@H]2C)O[C@H]([C@H](C[C@H](O)[C@H](C)[C@H](O)[C@H](C)/C=C(C)/C(C)=C/C=C/C(C)=C\C#N)OC)[C@H](OP(=O)(O)O)C3(C)C)co1)N(C)C. The van der Waals surface area contributed by atoms with Crippen molar-refractivity contribution in [1.82, 2.24) is 15.2 Å². The van der Waals surface area contributed by atoms with Crippen LogP contribution in [0.2, 0.25) is 0 Å². The Hall–Kier alpha value is -3.42. The van der Waals surface area contributed by atoms with Crippen LogP contribution in [0.1, 0.15) is 105 Å². The summed E-state index contributed by atoms with van der Waals surface area (Å²) in [4.78, 5) is 39.2. The Morgan fingerprint density at radius 1 is 1.09 bits per heavy atom. The predicted molar refractivity (Wildman–Crippen MR) is 262 cm³/mol. The van der Waals surface area contributed by atoms with Crippen LogP contribution in [0.15, 0.2) is 63.9 Å². The third kappa shape index (κ3) is 16.3. The lowest BCUT2D eigenvalue weighted by molar-refractivity contribution is -0.334. The molecule has 0 bridgehead atoms. The van der Waals surface area contributed by atoms with Gasteiger partial charge >= 0.3 is 7.82 Å². The summed E-state index contributed by atoms with van der Waals surface area (Å²) in [7, 11) is 1.12. The minimum Gasteiger partial charge on any atom is -0.448 e. The molecule has 396 valence electrons. The van der Waals surface area contributed by atoms with Crippen LogP contribution in [-0.4, -0.2) is 159 Å². The molecule has 2 saturated heterocycles. The molecule has 1 aromatic rings. The van der Waals surface area contributed by atoms with Gasteiger partial charge in [-0.05, 0) is 64.9 Å². The van der Waals surface area contributed by atoms with Crippen molar-refractivity contribution >= 4 is 19.8 Å². The summed E-state index contributed by atoms with van der Waals surface area (Å²) in [5.74, 6) is -3.63. The van der Waals surface area contributed by atoms with E-state index in [-0.39, 0.29) is 44.2 Å². The summed E-state index contributed by atoms with van der Waals surface area (Å²) >= 11 is 0. The number of carbonyl (C=O) groups is 1. The van der Waals surface area contributed by atoms with E-state index in [1.54, 1.807) is 45.8 Å². The van der Waals surface area contributed by atoms with Crippen LogP contribution in [0.5, 0.6) is 0 Å². The number of oxazole rings is 1. The van der Waals surface area contributed by atoms with Crippen LogP contribution in [0.4, 0.5) is 0 Å². The normalized spacial score (nSPS) is 27.6. The van der Waals surface area contributed by atoms with E-state index in [1.807, 2.05) is 78.0 Å². The summed E-state index contributed by atoms with van der Waals surface area (Å²) in [6.45, 7) is 16.6. The van der Waals surface area contributed by atoms with E-state index in [0.29, 0.717) is 18.0 Å². The van der Waals surface area contributed by atoms with Gasteiger partial charge in [0, 0.05) is 68.8 Å². The monoisotopic (exact) mass is 1010 g/mol. The van der Waals surface area contributed by atoms with Crippen molar-refractivity contribution in [1.29, 1.82) is 5.26 Å². The van der Waals surface area contributed by atoms with Gasteiger partial charge in [-0.2, -0.15) is 5.26 Å². The molecule has 0 saturated carbocycles. The minimum atomic E-state index is -5.15. The molecule has 0 radical (unpaired) electrons. The summed E-state index contributed by atoms with van der Waals surface area (Å²) < 4.78 is 48.2. The third-order valence-electron chi connectivity index (χ3n) is 14.0. The lowest BCUT2D eigenvalue weighted by Crippen LogP contribution is -2.58. The zero-order chi connectivity index (χ0) is 52.9. The fourth-order valence-corrected chi connectivity index (χ4v) is 9.64. The van der Waals surface area contributed by atoms with E-state index in [2.05, 4.69) is 10.3 Å². The summed E-state index contributed by atoms with van der Waals surface area (Å²) in [6.07, 6.45) is 4.10. The highest BCUT2D eigenvalue weighted by atomic mass is 31.2. The Labute approximate surface area is 414 Å². The standard InChI is InChI=1S/C50H81N4O15P/c1-29(20-22-51)16-14-17-30(2)32(4)24-33(5)42(57)35(7)38(55)25-41(65-13)45-46(69-70(61,62)63)49(8,9)50(68-45)26-39(56)34(6)40(67-50)19-15-18-36-27-66-48(53-36)31(3)21-23-52-47(60)44(59)43(58)37(28-64-12)54(10)11/h14-18,20,24,27,31,33-35,37-46,55-59H,19,21,23,25-26,28H2,1-13H3,(H,52,60)(H2,61,62,63)/b16-14+,18-15-,29-20-,30-17+,32-24+/t31-,33+,34-,35-,37-,38-,39+,40-,41-,42+,43-,44-,45+,46-,50+/m0/s1. The quantitative estimate of drug-likeness (QED) is 0.0355. The largest absolute Gasteiger partial charge is 0.469 e. The van der Waals surface area contributed by atoms with Crippen molar-refractivity contribution in [3.63, 3.8) is 0 Å². The number of likely N-dealkylation sites (N-methyl/N-ethyl adjacent to an activating group) is 1. The van der Waals surface area contributed by atoms with Gasteiger partial charge in [0.15, 0.2) is 17.8 Å². The third-order valence-corrected chi connectivity index (χ3v) is 14.5. The number of nitriles is 1. The molecule has 0 aromatic carbocycles. The van der Waals surface area contributed by atoms with Gasteiger partial charge in [0.1, 0.15) is 30.3 Å². The van der Waals surface area contributed by atoms with Gasteiger partial charge in [-0.15, -0.1) is 0 Å². The number of hydrogen-bond acceptors (Lipinski definition) is 16. The molecule has 2 aliphatic heterocycles. The molecule has 8 N–H and O–H groups in total. The molecule has 1 aromatic heterocycles. The fraction of sp³-hybridized carbons (Fsp3) is 0.700. The molecule has 2 fully saturated rings. The average molecular weight is 1010 g/mol. The second-order valence-corrected chi connectivity index (χ2v) is 21.1. The van der Waals surface area contributed by atoms with Crippen LogP contribution in [0, 0.1) is 34.5 Å². The number of aromatic nitrogens is 1. The van der Waals surface area contributed by atoms with Crippen molar-refractivity contribution < 1.29 is 72.6 Å². The Kier molecular flexibility index (Phi) is 23.5. The topological polar surface area (TPSA) is 287 Å². The molecule has 70 heavy (non-hydrogen) atoms. The van der Waals surface area contributed by atoms with Crippen LogP contribution in [-0.2, 0) is 32.8 Å². The van der Waals surface area contributed by atoms with Crippen molar-refractivity contribution in [3.8, 4) is 6.07 Å². The molecule has 1 spiro atoms. The number of amides is 1. The molecular formula is C50H81N4O15P. The molecule has 0 aliphatic carbocycles. The van der Waals surface area contributed by atoms with E-state index in [4.69, 9.17) is 33.2 Å². The molecular weight excluding hydrogens is 928 g/mol. The number of ether oxygens (including phenoxy) is 4. The maximum Gasteiger partial charge on any atom is 0.469 e. The highest BCUT2D eigenvalue weighted by molar-refractivity contribution is 7.46. The fourth-order valence-electron chi connectivity index (χ4n) is 8.96. The number of phosphoric acid groups is 1. The van der Waals surface area contributed by atoms with Crippen LogP contribution in [0.3, 0.4) is 0 Å². The van der Waals surface area contributed by atoms with E-state index >= 15 is 0 Å². The lowest BCUT2D eigenvalue weighted by Gasteiger charge is -2.50. The average Bonchev–Trinajstić information content (AvgIpc) is 3.84. The highest BCUT2D eigenvalue weighted by Gasteiger charge is 2.68. The number of carbonyl (C=O) groups excluding carboxylic acids is 1. The van der Waals surface area contributed by atoms with Crippen molar-refractivity contribution in [3.05, 3.63) is 71.0 Å². The Morgan fingerprint density at radius 3 is 2.36 bits per heavy atom. The summed E-state index contributed by atoms with van der Waals surface area (Å²) in [5.41, 5.74) is 1.87. The smallest absolute Gasteiger partial charge is 0.448 e. The van der Waals surface area contributed by atoms with Crippen molar-refractivity contribution in [2.75, 3.05) is 41.5 Å². The van der Waals surface area contributed by atoms with Crippen LogP contribution < -0.4 is 5.32 Å². The first-order valence-corrected chi connectivity index (χ1v) is 25.4. The highest BCUT2D eigenvalue weighted by Crippen LogP contribution is 2.59. The number of hydrogen-bond donors (Lipinski definition) is 8. The maximum absolute atomic E-state index is 12.6. The van der Waals surface area contributed by atoms with Gasteiger partial charge < -0.3 is 68.9 Å². The molecule has 3 heterocycles. The maximum atomic E-state index is 12.6. The van der Waals surface area contributed by atoms with Gasteiger partial charge in [-0.3, -0.25) is 9.32 Å². The number of allylic oxidation sites excluding steroid dienone is 7. The van der Waals surface area contributed by atoms with Gasteiger partial charge in [0.05, 0.1) is 49.2 Å². The zero-order valence-corrected chi connectivity index (χ0v) is 44.0. The number of aliphatic hydroxyl groups excluding tert-OH is 5. The molecule has 0 unspecified atom stereocenters. The Balaban J connectivity index is 1.74. The zero-order valence-electron chi connectivity index (χ0n) is 43.1. The van der Waals surface area contributed by atoms with Crippen LogP contribution in [0.25, 0.3) is 6.08 Å². The van der Waals surface area contributed by atoms with E-state index in [0.717, 1.165) is 16.7 Å². The number of nitrogens with zero attached hydrogens (tertiary/aromatic N) is 3. The second-order valence-electron chi connectivity index (χ2n) is 19.9. The molecule has 1 amide bonds. The first kappa shape index (κ1) is 60.9. The molecule has 2 aliphatic rings. The summed E-state index contributed by atoms with van der Waals surface area (Å²) in [6, 6.07) is 1.40. The molecule has 20 heteroatoms. The molecule has 3 rings (SSSR count). The van der Waals surface area contributed by atoms with E-state index in [9.17, 15) is 44.7 Å². The van der Waals surface area contributed by atoms with Crippen molar-refractivity contribution in [2.45, 2.75) is 161 Å². The second kappa shape index (κ2) is 27.0. The Bertz CT molecular complexity index is 2080. The summed E-state index contributed by atoms with van der Waals surface area (Å²) in [5, 5.41) is 67.1. The number of methoxy groups -OCH3 is 2. The van der Waals surface area contributed by atoms with Gasteiger partial charge in [0.2, 0.25) is 0 Å². The molecule has 19 nitrogen and oxygen atoms in total. The number of phosphoric ester groups is 1. The first-order chi connectivity index (χ1) is 32.6. The number of nitrogens with one attached hydrogen (secondary N) is 1. The van der Waals surface area contributed by atoms with Gasteiger partial charge in [-0.25, -0.2) is 9.55 Å². The minimum absolute atomic E-state index is 0.0645. The first-order valence-electron chi connectivity index (χ1n) is 23.8. The Morgan fingerprint density at radius 2 is 1.76 bits per heavy atom. The lowest BCUT2D eigenvalue weighted by atomic mass is 9.72. The van der Waals surface area contributed by atoms with Crippen molar-refractivity contribution in [2.24, 2.45) is 23.2 Å². The number of aliphatic hydroxyl groups is 5. The van der Waals surface area contributed by atoms with Crippen LogP contribution >= 0.6 is 7.82 Å². The van der Waals surface area contributed by atoms with Gasteiger partial charge in [0.25, 0.3) is 5.91 Å². The molecule has 15 atom stereocenters. The van der Waals surface area contributed by atoms with E-state index in [1.165, 1.54) is 26.6 Å². The number of rotatable bonds is 26. The van der Waals surface area contributed by atoms with Gasteiger partial charge in [-0.1, -0.05) is 77.5 Å².